The van der Waals surface area contributed by atoms with Gasteiger partial charge >= 0.3 is 0 Å². The maximum absolute atomic E-state index is 11.9. The molecule has 5 nitrogen and oxygen atoms in total. The molecule has 0 atom stereocenters. The molecule has 1 aliphatic heterocycles. The van der Waals surface area contributed by atoms with Gasteiger partial charge in [-0.05, 0) is 31.6 Å². The van der Waals surface area contributed by atoms with Crippen LogP contribution in [-0.4, -0.2) is 56.6 Å². The predicted octanol–water partition coefficient (Wildman–Crippen LogP) is 0.763. The summed E-state index contributed by atoms with van der Waals surface area (Å²) in [4.78, 5) is 14.3. The Labute approximate surface area is 120 Å². The Hall–Kier alpha value is -1.43. The van der Waals surface area contributed by atoms with Crippen LogP contribution in [0.2, 0.25) is 0 Å². The number of ketones is 1. The van der Waals surface area contributed by atoms with Gasteiger partial charge in [0.15, 0.2) is 5.78 Å². The fraction of sp³-hybridized carbons (Fsp3) is 0.533. The molecule has 3 N–H and O–H groups in total. The molecule has 0 aromatic heterocycles. The normalized spacial score (nSPS) is 16.2. The van der Waals surface area contributed by atoms with E-state index in [2.05, 4.69) is 10.2 Å². The van der Waals surface area contributed by atoms with E-state index in [1.807, 2.05) is 0 Å². The zero-order valence-electron chi connectivity index (χ0n) is 11.8. The molecule has 1 saturated heterocycles. The lowest BCUT2D eigenvalue weighted by Crippen LogP contribution is -2.38. The van der Waals surface area contributed by atoms with E-state index in [4.69, 9.17) is 10.5 Å². The summed E-state index contributed by atoms with van der Waals surface area (Å²) < 4.78 is 5.31. The number of carbonyl (C=O) groups excluding carboxylic acids is 1. The SMILES string of the molecule is Nc1cccc(C(=O)CNCCCN2CCOCC2)c1. The van der Waals surface area contributed by atoms with Crippen LogP contribution in [0.1, 0.15) is 16.8 Å². The molecule has 0 spiro atoms. The number of benzene rings is 1. The third kappa shape index (κ3) is 4.92. The van der Waals surface area contributed by atoms with Crippen LogP contribution in [0, 0.1) is 0 Å². The van der Waals surface area contributed by atoms with Crippen molar-refractivity contribution in [3.8, 4) is 0 Å². The minimum absolute atomic E-state index is 0.0867. The third-order valence-electron chi connectivity index (χ3n) is 3.43. The Kier molecular flexibility index (Phi) is 5.98. The number of anilines is 1. The molecule has 1 fully saturated rings. The number of Topliss-reactive ketones (excluding diaryl/α,β-unsaturated/α-hetero) is 1. The molecule has 1 aromatic carbocycles. The fourth-order valence-electron chi connectivity index (χ4n) is 2.27. The second-order valence-corrected chi connectivity index (χ2v) is 5.03. The Morgan fingerprint density at radius 3 is 2.90 bits per heavy atom. The first-order chi connectivity index (χ1) is 9.75. The van der Waals surface area contributed by atoms with Gasteiger partial charge in [0.25, 0.3) is 0 Å². The highest BCUT2D eigenvalue weighted by molar-refractivity contribution is 5.98. The summed E-state index contributed by atoms with van der Waals surface area (Å²) in [6.45, 7) is 5.98. The number of carbonyl (C=O) groups is 1. The van der Waals surface area contributed by atoms with Gasteiger partial charge in [-0.1, -0.05) is 12.1 Å². The number of nitrogen functional groups attached to an aromatic ring is 1. The van der Waals surface area contributed by atoms with Crippen LogP contribution in [0.4, 0.5) is 5.69 Å². The number of rotatable bonds is 7. The first-order valence-electron chi connectivity index (χ1n) is 7.15. The molecule has 2 rings (SSSR count). The number of ether oxygens (including phenoxy) is 1. The fourth-order valence-corrected chi connectivity index (χ4v) is 2.27. The lowest BCUT2D eigenvalue weighted by Gasteiger charge is -2.26. The van der Waals surface area contributed by atoms with Gasteiger partial charge in [0.2, 0.25) is 0 Å². The Bertz CT molecular complexity index is 431. The van der Waals surface area contributed by atoms with Crippen molar-refractivity contribution in [1.29, 1.82) is 0 Å². The summed E-state index contributed by atoms with van der Waals surface area (Å²) in [6, 6.07) is 7.11. The lowest BCUT2D eigenvalue weighted by molar-refractivity contribution is 0.0375. The monoisotopic (exact) mass is 277 g/mol. The molecular formula is C15H23N3O2. The van der Waals surface area contributed by atoms with Crippen molar-refractivity contribution >= 4 is 11.5 Å². The molecular weight excluding hydrogens is 254 g/mol. The second kappa shape index (κ2) is 7.99. The van der Waals surface area contributed by atoms with E-state index in [-0.39, 0.29) is 5.78 Å². The van der Waals surface area contributed by atoms with Crippen molar-refractivity contribution in [2.24, 2.45) is 0 Å². The average Bonchev–Trinajstić information content (AvgIpc) is 2.48. The zero-order chi connectivity index (χ0) is 14.2. The smallest absolute Gasteiger partial charge is 0.176 e. The van der Waals surface area contributed by atoms with E-state index in [0.29, 0.717) is 17.8 Å². The van der Waals surface area contributed by atoms with E-state index in [9.17, 15) is 4.79 Å². The molecule has 20 heavy (non-hydrogen) atoms. The first kappa shape index (κ1) is 15.0. The molecule has 1 aromatic rings. The largest absolute Gasteiger partial charge is 0.399 e. The van der Waals surface area contributed by atoms with Crippen LogP contribution in [-0.2, 0) is 4.74 Å². The number of morpholine rings is 1. The van der Waals surface area contributed by atoms with Crippen LogP contribution < -0.4 is 11.1 Å². The summed E-state index contributed by atoms with van der Waals surface area (Å²) in [6.07, 6.45) is 1.05. The Balaban J connectivity index is 1.59. The van der Waals surface area contributed by atoms with Gasteiger partial charge < -0.3 is 15.8 Å². The Morgan fingerprint density at radius 2 is 2.15 bits per heavy atom. The predicted molar refractivity (Wildman–Crippen MR) is 79.9 cm³/mol. The average molecular weight is 277 g/mol. The minimum atomic E-state index is 0.0867. The van der Waals surface area contributed by atoms with Gasteiger partial charge in [-0.3, -0.25) is 9.69 Å². The topological polar surface area (TPSA) is 67.6 Å². The summed E-state index contributed by atoms with van der Waals surface area (Å²) in [5, 5.41) is 3.19. The maximum atomic E-state index is 11.9. The van der Waals surface area contributed by atoms with Gasteiger partial charge in [-0.25, -0.2) is 0 Å². The van der Waals surface area contributed by atoms with E-state index in [0.717, 1.165) is 45.8 Å². The van der Waals surface area contributed by atoms with E-state index in [1.165, 1.54) is 0 Å². The van der Waals surface area contributed by atoms with Crippen molar-refractivity contribution in [3.63, 3.8) is 0 Å². The number of nitrogens with one attached hydrogen (secondary N) is 1. The molecule has 0 radical (unpaired) electrons. The lowest BCUT2D eigenvalue weighted by atomic mass is 10.1. The molecule has 0 saturated carbocycles. The molecule has 0 bridgehead atoms. The van der Waals surface area contributed by atoms with Crippen LogP contribution >= 0.6 is 0 Å². The number of hydrogen-bond donors (Lipinski definition) is 2. The first-order valence-corrected chi connectivity index (χ1v) is 7.15. The van der Waals surface area contributed by atoms with E-state index >= 15 is 0 Å². The van der Waals surface area contributed by atoms with Crippen LogP contribution in [0.25, 0.3) is 0 Å². The molecule has 0 unspecified atom stereocenters. The maximum Gasteiger partial charge on any atom is 0.176 e. The zero-order valence-corrected chi connectivity index (χ0v) is 11.8. The van der Waals surface area contributed by atoms with Crippen molar-refractivity contribution < 1.29 is 9.53 Å². The van der Waals surface area contributed by atoms with Crippen molar-refractivity contribution in [2.45, 2.75) is 6.42 Å². The molecule has 0 aliphatic carbocycles. The summed E-state index contributed by atoms with van der Waals surface area (Å²) >= 11 is 0. The van der Waals surface area contributed by atoms with Gasteiger partial charge in [0.05, 0.1) is 19.8 Å². The van der Waals surface area contributed by atoms with Crippen LogP contribution in [0.15, 0.2) is 24.3 Å². The summed E-state index contributed by atoms with van der Waals surface area (Å²) in [7, 11) is 0. The highest BCUT2D eigenvalue weighted by Crippen LogP contribution is 2.06. The second-order valence-electron chi connectivity index (χ2n) is 5.03. The van der Waals surface area contributed by atoms with Crippen molar-refractivity contribution in [2.75, 3.05) is 51.7 Å². The minimum Gasteiger partial charge on any atom is -0.399 e. The Morgan fingerprint density at radius 1 is 1.35 bits per heavy atom. The van der Waals surface area contributed by atoms with Crippen molar-refractivity contribution in [1.82, 2.24) is 10.2 Å². The summed E-state index contributed by atoms with van der Waals surface area (Å²) in [5.74, 6) is 0.0867. The van der Waals surface area contributed by atoms with Gasteiger partial charge in [0, 0.05) is 24.3 Å². The highest BCUT2D eigenvalue weighted by Gasteiger charge is 2.09. The third-order valence-corrected chi connectivity index (χ3v) is 3.43. The number of nitrogens with two attached hydrogens (primary N) is 1. The molecule has 1 aliphatic rings. The van der Waals surface area contributed by atoms with Gasteiger partial charge in [-0.15, -0.1) is 0 Å². The molecule has 110 valence electrons. The molecule has 1 heterocycles. The van der Waals surface area contributed by atoms with Crippen molar-refractivity contribution in [3.05, 3.63) is 29.8 Å². The summed E-state index contributed by atoms with van der Waals surface area (Å²) in [5.41, 5.74) is 6.97. The number of nitrogens with zero attached hydrogens (tertiary/aromatic N) is 1. The van der Waals surface area contributed by atoms with Crippen LogP contribution in [0.3, 0.4) is 0 Å². The van der Waals surface area contributed by atoms with E-state index in [1.54, 1.807) is 24.3 Å². The van der Waals surface area contributed by atoms with E-state index < -0.39 is 0 Å². The standard InChI is InChI=1S/C15H23N3O2/c16-14-4-1-3-13(11-14)15(19)12-17-5-2-6-18-7-9-20-10-8-18/h1,3-4,11,17H,2,5-10,12,16H2. The quantitative estimate of drug-likeness (QED) is 0.437. The highest BCUT2D eigenvalue weighted by atomic mass is 16.5. The van der Waals surface area contributed by atoms with Crippen LogP contribution in [0.5, 0.6) is 0 Å². The van der Waals surface area contributed by atoms with Gasteiger partial charge in [0.1, 0.15) is 0 Å². The number of hydrogen-bond acceptors (Lipinski definition) is 5. The molecule has 0 amide bonds. The van der Waals surface area contributed by atoms with Gasteiger partial charge in [-0.2, -0.15) is 0 Å². The molecule has 5 heteroatoms.